The molecule has 0 radical (unpaired) electrons. The minimum absolute atomic E-state index is 0.220. The van der Waals surface area contributed by atoms with E-state index in [0.29, 0.717) is 16.3 Å². The van der Waals surface area contributed by atoms with Crippen LogP contribution in [0.15, 0.2) is 17.1 Å². The molecule has 0 heterocycles. The summed E-state index contributed by atoms with van der Waals surface area (Å²) < 4.78 is 13.2. The molecular weight excluding hydrogens is 239 g/mol. The quantitative estimate of drug-likeness (QED) is 0.358. The highest BCUT2D eigenvalue weighted by Crippen LogP contribution is 2.24. The van der Waals surface area contributed by atoms with Gasteiger partial charge in [-0.3, -0.25) is 5.32 Å². The van der Waals surface area contributed by atoms with Gasteiger partial charge in [-0.15, -0.1) is 0 Å². The Morgan fingerprint density at radius 2 is 2.18 bits per heavy atom. The molecule has 17 heavy (non-hydrogen) atoms. The molecule has 0 saturated heterocycles. The van der Waals surface area contributed by atoms with E-state index in [-0.39, 0.29) is 5.69 Å². The maximum Gasteiger partial charge on any atom is 0.183 e. The van der Waals surface area contributed by atoms with E-state index in [4.69, 9.17) is 10.5 Å². The fourth-order valence-corrected chi connectivity index (χ4v) is 1.58. The highest BCUT2D eigenvalue weighted by atomic mass is 32.2. The van der Waals surface area contributed by atoms with Crippen molar-refractivity contribution in [2.24, 2.45) is 4.99 Å². The van der Waals surface area contributed by atoms with Crippen LogP contribution in [0.1, 0.15) is 11.1 Å². The number of nitriles is 2. The van der Waals surface area contributed by atoms with Crippen molar-refractivity contribution in [1.82, 2.24) is 5.32 Å². The summed E-state index contributed by atoms with van der Waals surface area (Å²) in [6.07, 6.45) is 3.45. The van der Waals surface area contributed by atoms with E-state index in [9.17, 15) is 4.39 Å². The van der Waals surface area contributed by atoms with Gasteiger partial charge in [0.05, 0.1) is 11.3 Å². The van der Waals surface area contributed by atoms with E-state index in [2.05, 4.69) is 10.3 Å². The predicted octanol–water partition coefficient (Wildman–Crippen LogP) is 2.43. The number of aryl methyl sites for hydroxylation is 1. The van der Waals surface area contributed by atoms with E-state index in [0.717, 1.165) is 0 Å². The van der Waals surface area contributed by atoms with Crippen LogP contribution in [0.5, 0.6) is 0 Å². The Kier molecular flexibility index (Phi) is 4.50. The molecule has 0 bridgehead atoms. The molecule has 1 rings (SSSR count). The summed E-state index contributed by atoms with van der Waals surface area (Å²) in [6.45, 7) is 1.64. The van der Waals surface area contributed by atoms with E-state index in [1.54, 1.807) is 19.4 Å². The third kappa shape index (κ3) is 3.20. The van der Waals surface area contributed by atoms with E-state index < -0.39 is 5.82 Å². The predicted molar refractivity (Wildman–Crippen MR) is 65.2 cm³/mol. The van der Waals surface area contributed by atoms with E-state index >= 15 is 0 Å². The number of nitrogens with one attached hydrogen (secondary N) is 1. The van der Waals surface area contributed by atoms with Gasteiger partial charge in [-0.25, -0.2) is 9.38 Å². The molecular formula is C11H9FN4S. The second-order valence-corrected chi connectivity index (χ2v) is 3.88. The second-order valence-electron chi connectivity index (χ2n) is 3.09. The number of thioether (sulfide) groups is 1. The lowest BCUT2D eigenvalue weighted by molar-refractivity contribution is 0.627. The van der Waals surface area contributed by atoms with Crippen LogP contribution in [0.3, 0.4) is 0 Å². The van der Waals surface area contributed by atoms with Crippen LogP contribution in [0.2, 0.25) is 0 Å². The Balaban J connectivity index is 3.32. The molecule has 0 saturated carbocycles. The summed E-state index contributed by atoms with van der Waals surface area (Å²) in [5.41, 5.74) is 1.04. The van der Waals surface area contributed by atoms with Crippen LogP contribution < -0.4 is 5.32 Å². The Bertz CT molecular complexity index is 540. The lowest BCUT2D eigenvalue weighted by atomic mass is 10.1. The summed E-state index contributed by atoms with van der Waals surface area (Å²) in [5.74, 6) is -0.460. The Morgan fingerprint density at radius 1 is 1.47 bits per heavy atom. The zero-order valence-corrected chi connectivity index (χ0v) is 10.1. The first kappa shape index (κ1) is 13.0. The van der Waals surface area contributed by atoms with Gasteiger partial charge in [0.2, 0.25) is 0 Å². The van der Waals surface area contributed by atoms with Gasteiger partial charge in [0.25, 0.3) is 0 Å². The zero-order chi connectivity index (χ0) is 12.8. The zero-order valence-electron chi connectivity index (χ0n) is 9.28. The lowest BCUT2D eigenvalue weighted by Gasteiger charge is -2.04. The summed E-state index contributed by atoms with van der Waals surface area (Å²) in [7, 11) is 0. The van der Waals surface area contributed by atoms with Crippen LogP contribution in [-0.4, -0.2) is 11.4 Å². The van der Waals surface area contributed by atoms with Gasteiger partial charge in [-0.1, -0.05) is 11.8 Å². The number of hydrogen-bond acceptors (Lipinski definition) is 4. The molecule has 0 atom stereocenters. The number of aliphatic imine (C=N–C) groups is 1. The molecule has 0 aliphatic carbocycles. The Hall–Kier alpha value is -2.05. The first-order chi connectivity index (χ1) is 8.12. The first-order valence-electron chi connectivity index (χ1n) is 4.60. The maximum absolute atomic E-state index is 13.2. The first-order valence-corrected chi connectivity index (χ1v) is 5.83. The maximum atomic E-state index is 13.2. The van der Waals surface area contributed by atoms with Crippen LogP contribution in [-0.2, 0) is 0 Å². The van der Waals surface area contributed by atoms with E-state index in [1.807, 2.05) is 6.07 Å². The number of amidine groups is 1. The van der Waals surface area contributed by atoms with Crippen molar-refractivity contribution in [2.45, 2.75) is 6.92 Å². The SMILES string of the molecule is CSC(=Nc1cc(F)cc(C)c1C#N)NC#N. The van der Waals surface area contributed by atoms with Crippen LogP contribution in [0, 0.1) is 35.5 Å². The summed E-state index contributed by atoms with van der Waals surface area (Å²) >= 11 is 1.20. The number of nitrogens with zero attached hydrogens (tertiary/aromatic N) is 3. The third-order valence-corrected chi connectivity index (χ3v) is 2.55. The van der Waals surface area contributed by atoms with Crippen LogP contribution >= 0.6 is 11.8 Å². The third-order valence-electron chi connectivity index (χ3n) is 1.97. The largest absolute Gasteiger partial charge is 0.271 e. The molecule has 6 heteroatoms. The average Bonchev–Trinajstić information content (AvgIpc) is 2.28. The molecule has 0 unspecified atom stereocenters. The van der Waals surface area contributed by atoms with Gasteiger partial charge in [0, 0.05) is 6.07 Å². The molecule has 1 aromatic carbocycles. The van der Waals surface area contributed by atoms with Gasteiger partial charge in [0.15, 0.2) is 11.4 Å². The van der Waals surface area contributed by atoms with Crippen molar-refractivity contribution < 1.29 is 4.39 Å². The van der Waals surface area contributed by atoms with Crippen molar-refractivity contribution in [2.75, 3.05) is 6.26 Å². The lowest BCUT2D eigenvalue weighted by Crippen LogP contribution is -2.12. The number of benzene rings is 1. The molecule has 0 amide bonds. The number of halogens is 1. The highest BCUT2D eigenvalue weighted by molar-refractivity contribution is 8.13. The fraction of sp³-hybridized carbons (Fsp3) is 0.182. The molecule has 0 aliphatic heterocycles. The van der Waals surface area contributed by atoms with Crippen LogP contribution in [0.25, 0.3) is 0 Å². The van der Waals surface area contributed by atoms with Gasteiger partial charge in [0.1, 0.15) is 11.9 Å². The average molecular weight is 248 g/mol. The molecule has 0 fully saturated rings. The molecule has 4 nitrogen and oxygen atoms in total. The minimum Gasteiger partial charge on any atom is -0.271 e. The standard InChI is InChI=1S/C11H9FN4S/c1-7-3-8(12)4-10(9(7)5-13)16-11(17-2)15-6-14/h3-4H,1-2H3,(H,15,16). The molecule has 1 N–H and O–H groups in total. The monoisotopic (exact) mass is 248 g/mol. The normalized spacial score (nSPS) is 10.5. The molecule has 0 spiro atoms. The Labute approximate surface area is 103 Å². The molecule has 1 aromatic rings. The smallest absolute Gasteiger partial charge is 0.183 e. The number of rotatable bonds is 1. The van der Waals surface area contributed by atoms with Crippen LogP contribution in [0.4, 0.5) is 10.1 Å². The second kappa shape index (κ2) is 5.88. The number of hydrogen-bond donors (Lipinski definition) is 1. The van der Waals surface area contributed by atoms with E-state index in [1.165, 1.54) is 23.9 Å². The van der Waals surface area contributed by atoms with Gasteiger partial charge < -0.3 is 0 Å². The summed E-state index contributed by atoms with van der Waals surface area (Å²) in [5, 5.41) is 20.1. The van der Waals surface area contributed by atoms with Gasteiger partial charge >= 0.3 is 0 Å². The van der Waals surface area contributed by atoms with Crippen molar-refractivity contribution in [3.63, 3.8) is 0 Å². The molecule has 86 valence electrons. The van der Waals surface area contributed by atoms with Crippen molar-refractivity contribution in [1.29, 1.82) is 10.5 Å². The summed E-state index contributed by atoms with van der Waals surface area (Å²) in [4.78, 5) is 4.04. The van der Waals surface area contributed by atoms with Gasteiger partial charge in [-0.05, 0) is 24.8 Å². The summed E-state index contributed by atoms with van der Waals surface area (Å²) in [6, 6.07) is 4.41. The van der Waals surface area contributed by atoms with Crippen molar-refractivity contribution >= 4 is 22.6 Å². The van der Waals surface area contributed by atoms with Gasteiger partial charge in [-0.2, -0.15) is 10.5 Å². The topological polar surface area (TPSA) is 72.0 Å². The van der Waals surface area contributed by atoms with Crippen molar-refractivity contribution in [3.05, 3.63) is 29.1 Å². The highest BCUT2D eigenvalue weighted by Gasteiger charge is 2.08. The molecule has 0 aromatic heterocycles. The van der Waals surface area contributed by atoms with Crippen molar-refractivity contribution in [3.8, 4) is 12.3 Å². The fourth-order valence-electron chi connectivity index (χ4n) is 1.24. The Morgan fingerprint density at radius 3 is 2.71 bits per heavy atom. The minimum atomic E-state index is -0.460. The molecule has 0 aliphatic rings.